The Morgan fingerprint density at radius 2 is 2.26 bits per heavy atom. The minimum atomic E-state index is -0.864. The van der Waals surface area contributed by atoms with Crippen LogP contribution in [0, 0.1) is 11.8 Å². The van der Waals surface area contributed by atoms with E-state index in [1.165, 1.54) is 5.69 Å². The lowest BCUT2D eigenvalue weighted by molar-refractivity contribution is -0.140. The summed E-state index contributed by atoms with van der Waals surface area (Å²) in [6.07, 6.45) is 4.23. The van der Waals surface area contributed by atoms with Crippen LogP contribution in [-0.4, -0.2) is 27.6 Å². The molecule has 104 valence electrons. The molecule has 0 aromatic carbocycles. The molecule has 2 rings (SSSR count). The average Bonchev–Trinajstić information content (AvgIpc) is 3.05. The van der Waals surface area contributed by atoms with Crippen molar-refractivity contribution in [3.05, 3.63) is 24.0 Å². The molecule has 1 heterocycles. The molecule has 5 nitrogen and oxygen atoms in total. The maximum atomic E-state index is 11.8. The number of amides is 1. The minimum absolute atomic E-state index is 0.0671. The highest BCUT2D eigenvalue weighted by molar-refractivity contribution is 5.89. The first-order valence-electron chi connectivity index (χ1n) is 6.62. The molecule has 0 spiro atoms. The van der Waals surface area contributed by atoms with Crippen molar-refractivity contribution in [1.82, 2.24) is 9.88 Å². The summed E-state index contributed by atoms with van der Waals surface area (Å²) in [6, 6.07) is 4.13. The molecule has 19 heavy (non-hydrogen) atoms. The van der Waals surface area contributed by atoms with E-state index in [0.29, 0.717) is 6.42 Å². The Balaban J connectivity index is 1.73. The fraction of sp³-hybridized carbons (Fsp3) is 0.571. The van der Waals surface area contributed by atoms with E-state index in [1.807, 2.05) is 26.2 Å². The Bertz CT molecular complexity index is 481. The van der Waals surface area contributed by atoms with Crippen molar-refractivity contribution in [2.45, 2.75) is 32.2 Å². The number of carbonyl (C=O) groups excluding carboxylic acids is 1. The quantitative estimate of drug-likeness (QED) is 0.810. The second-order valence-corrected chi connectivity index (χ2v) is 5.35. The summed E-state index contributed by atoms with van der Waals surface area (Å²) < 4.78 is 2.07. The van der Waals surface area contributed by atoms with E-state index >= 15 is 0 Å². The number of hydrogen-bond donors (Lipinski definition) is 2. The Morgan fingerprint density at radius 1 is 1.53 bits per heavy atom. The summed E-state index contributed by atoms with van der Waals surface area (Å²) in [5.41, 5.74) is 1.23. The molecule has 1 aromatic heterocycles. The van der Waals surface area contributed by atoms with Gasteiger partial charge in [0, 0.05) is 25.0 Å². The number of aliphatic carboxylic acids is 1. The number of nitrogens with zero attached hydrogens (tertiary/aromatic N) is 1. The Kier molecular flexibility index (Phi) is 3.93. The summed E-state index contributed by atoms with van der Waals surface area (Å²) in [6.45, 7) is 1.96. The van der Waals surface area contributed by atoms with Gasteiger partial charge < -0.3 is 15.0 Å². The molecule has 1 saturated carbocycles. The van der Waals surface area contributed by atoms with Gasteiger partial charge in [0.15, 0.2) is 0 Å². The lowest BCUT2D eigenvalue weighted by Crippen LogP contribution is -2.34. The standard InChI is InChI=1S/C14H20N2O3/c1-9(5-6-10-4-3-7-16(10)2)15-13(17)11-8-12(11)14(18)19/h3-4,7,9,11-12H,5-6,8H2,1-2H3,(H,15,17)(H,18,19)/t9-,11+,12+/m1/s1. The average molecular weight is 264 g/mol. The number of rotatable bonds is 6. The van der Waals surface area contributed by atoms with Crippen molar-refractivity contribution >= 4 is 11.9 Å². The van der Waals surface area contributed by atoms with E-state index in [9.17, 15) is 9.59 Å². The zero-order valence-corrected chi connectivity index (χ0v) is 11.3. The van der Waals surface area contributed by atoms with Crippen molar-refractivity contribution in [1.29, 1.82) is 0 Å². The fourth-order valence-corrected chi connectivity index (χ4v) is 2.30. The van der Waals surface area contributed by atoms with Crippen LogP contribution in [0.25, 0.3) is 0 Å². The van der Waals surface area contributed by atoms with E-state index < -0.39 is 11.9 Å². The Morgan fingerprint density at radius 3 is 2.79 bits per heavy atom. The van der Waals surface area contributed by atoms with Gasteiger partial charge in [-0.15, -0.1) is 0 Å². The van der Waals surface area contributed by atoms with E-state index in [-0.39, 0.29) is 17.9 Å². The Hall–Kier alpha value is -1.78. The van der Waals surface area contributed by atoms with Crippen molar-refractivity contribution < 1.29 is 14.7 Å². The molecule has 0 radical (unpaired) electrons. The lowest BCUT2D eigenvalue weighted by Gasteiger charge is -2.14. The zero-order valence-electron chi connectivity index (χ0n) is 11.3. The molecule has 2 N–H and O–H groups in total. The van der Waals surface area contributed by atoms with E-state index in [4.69, 9.17) is 5.11 Å². The molecule has 1 amide bonds. The maximum absolute atomic E-state index is 11.8. The highest BCUT2D eigenvalue weighted by Crippen LogP contribution is 2.38. The van der Waals surface area contributed by atoms with Crippen molar-refractivity contribution in [3.63, 3.8) is 0 Å². The van der Waals surface area contributed by atoms with Gasteiger partial charge in [-0.25, -0.2) is 0 Å². The molecule has 1 aliphatic carbocycles. The highest BCUT2D eigenvalue weighted by Gasteiger charge is 2.48. The number of aryl methyl sites for hydroxylation is 2. The number of carboxylic acid groups (broad SMARTS) is 1. The summed E-state index contributed by atoms with van der Waals surface area (Å²) in [5.74, 6) is -1.78. The van der Waals surface area contributed by atoms with Crippen LogP contribution in [0.1, 0.15) is 25.5 Å². The maximum Gasteiger partial charge on any atom is 0.307 e. The fourth-order valence-electron chi connectivity index (χ4n) is 2.30. The minimum Gasteiger partial charge on any atom is -0.481 e. The van der Waals surface area contributed by atoms with E-state index in [1.54, 1.807) is 0 Å². The van der Waals surface area contributed by atoms with Crippen LogP contribution in [-0.2, 0) is 23.1 Å². The predicted octanol–water partition coefficient (Wildman–Crippen LogP) is 1.18. The highest BCUT2D eigenvalue weighted by atomic mass is 16.4. The molecule has 3 atom stereocenters. The molecule has 1 aliphatic rings. The first-order chi connectivity index (χ1) is 8.99. The van der Waals surface area contributed by atoms with Crippen LogP contribution < -0.4 is 5.32 Å². The molecule has 5 heteroatoms. The van der Waals surface area contributed by atoms with Gasteiger partial charge in [0.05, 0.1) is 11.8 Å². The van der Waals surface area contributed by atoms with Gasteiger partial charge in [0.2, 0.25) is 5.91 Å². The van der Waals surface area contributed by atoms with Gasteiger partial charge >= 0.3 is 5.97 Å². The second kappa shape index (κ2) is 5.47. The number of hydrogen-bond acceptors (Lipinski definition) is 2. The Labute approximate surface area is 112 Å². The summed E-state index contributed by atoms with van der Waals surface area (Å²) in [5, 5.41) is 11.7. The van der Waals surface area contributed by atoms with E-state index in [2.05, 4.69) is 16.0 Å². The number of nitrogens with one attached hydrogen (secondary N) is 1. The molecule has 0 bridgehead atoms. The second-order valence-electron chi connectivity index (χ2n) is 5.35. The molecular weight excluding hydrogens is 244 g/mol. The normalized spacial score (nSPS) is 22.8. The number of aromatic nitrogens is 1. The van der Waals surface area contributed by atoms with Gasteiger partial charge in [0.1, 0.15) is 0 Å². The lowest BCUT2D eigenvalue weighted by atomic mass is 10.1. The predicted molar refractivity (Wildman–Crippen MR) is 70.6 cm³/mol. The molecular formula is C14H20N2O3. The van der Waals surface area contributed by atoms with Gasteiger partial charge in [-0.2, -0.15) is 0 Å². The monoisotopic (exact) mass is 264 g/mol. The molecule has 1 aromatic rings. The molecule has 0 aliphatic heterocycles. The largest absolute Gasteiger partial charge is 0.481 e. The van der Waals surface area contributed by atoms with E-state index in [0.717, 1.165) is 12.8 Å². The third-order valence-electron chi connectivity index (χ3n) is 3.72. The smallest absolute Gasteiger partial charge is 0.307 e. The van der Waals surface area contributed by atoms with Gasteiger partial charge in [-0.3, -0.25) is 9.59 Å². The van der Waals surface area contributed by atoms with Gasteiger partial charge in [-0.1, -0.05) is 0 Å². The summed E-state index contributed by atoms with van der Waals surface area (Å²) >= 11 is 0. The zero-order chi connectivity index (χ0) is 14.0. The third-order valence-corrected chi connectivity index (χ3v) is 3.72. The van der Waals surface area contributed by atoms with Gasteiger partial charge in [0.25, 0.3) is 0 Å². The van der Waals surface area contributed by atoms with Crippen molar-refractivity contribution in [2.75, 3.05) is 0 Å². The van der Waals surface area contributed by atoms with Crippen LogP contribution >= 0.6 is 0 Å². The van der Waals surface area contributed by atoms with Gasteiger partial charge in [-0.05, 0) is 38.3 Å². The molecule has 1 fully saturated rings. The number of carbonyl (C=O) groups is 2. The SMILES string of the molecule is C[C@H](CCc1cccn1C)NC(=O)[C@H]1C[C@@H]1C(=O)O. The first kappa shape index (κ1) is 13.6. The van der Waals surface area contributed by atoms with Crippen LogP contribution in [0.2, 0.25) is 0 Å². The molecule has 0 saturated heterocycles. The van der Waals surface area contributed by atoms with Crippen LogP contribution in [0.4, 0.5) is 0 Å². The van der Waals surface area contributed by atoms with Crippen molar-refractivity contribution in [2.24, 2.45) is 18.9 Å². The third kappa shape index (κ3) is 3.36. The van der Waals surface area contributed by atoms with Crippen LogP contribution in [0.15, 0.2) is 18.3 Å². The summed E-state index contributed by atoms with van der Waals surface area (Å²) in [4.78, 5) is 22.5. The number of carboxylic acids is 1. The first-order valence-corrected chi connectivity index (χ1v) is 6.62. The van der Waals surface area contributed by atoms with Crippen molar-refractivity contribution in [3.8, 4) is 0 Å². The van der Waals surface area contributed by atoms with Crippen LogP contribution in [0.3, 0.4) is 0 Å². The molecule has 0 unspecified atom stereocenters. The summed E-state index contributed by atoms with van der Waals surface area (Å²) in [7, 11) is 2.00. The van der Waals surface area contributed by atoms with Crippen LogP contribution in [0.5, 0.6) is 0 Å². The topological polar surface area (TPSA) is 71.3 Å².